The number of carbonyl (C=O) groups is 1. The topological polar surface area (TPSA) is 44.7 Å². The van der Waals surface area contributed by atoms with E-state index in [4.69, 9.17) is 0 Å². The van der Waals surface area contributed by atoms with Gasteiger partial charge in [-0.25, -0.2) is 9.38 Å². The van der Waals surface area contributed by atoms with Crippen LogP contribution >= 0.6 is 0 Å². The van der Waals surface area contributed by atoms with Crippen LogP contribution < -0.4 is 5.43 Å². The molecule has 0 radical (unpaired) electrons. The van der Waals surface area contributed by atoms with Crippen LogP contribution in [0.25, 0.3) is 6.08 Å². The van der Waals surface area contributed by atoms with E-state index in [-0.39, 0.29) is 11.6 Å². The van der Waals surface area contributed by atoms with Crippen LogP contribution in [0.2, 0.25) is 0 Å². The van der Waals surface area contributed by atoms with Crippen molar-refractivity contribution in [3.05, 3.63) is 107 Å². The van der Waals surface area contributed by atoms with Gasteiger partial charge < -0.3 is 0 Å². The summed E-state index contributed by atoms with van der Waals surface area (Å²) in [6.07, 6.45) is 1.47. The number of nitrogens with zero attached hydrogens (tertiary/aromatic N) is 2. The lowest BCUT2D eigenvalue weighted by molar-refractivity contribution is -0.121. The first-order chi connectivity index (χ1) is 13.6. The molecular formula is C23H18FN3O. The van der Waals surface area contributed by atoms with Crippen molar-refractivity contribution in [3.8, 4) is 0 Å². The fraction of sp³-hybridized carbons (Fsp3) is 0.0435. The maximum absolute atomic E-state index is 14.0. The highest BCUT2D eigenvalue weighted by molar-refractivity contribution is 6.20. The predicted octanol–water partition coefficient (Wildman–Crippen LogP) is 4.79. The molecule has 0 fully saturated rings. The Bertz CT molecular complexity index is 1070. The molecule has 1 N–H and O–H groups in total. The molecule has 0 atom stereocenters. The molecule has 0 saturated heterocycles. The average Bonchev–Trinajstić information content (AvgIpc) is 3.01. The van der Waals surface area contributed by atoms with Crippen LogP contribution in [0.3, 0.4) is 0 Å². The number of carbonyl (C=O) groups excluding carboxylic acids is 1. The number of nitrogens with one attached hydrogen (secondary N) is 1. The number of hydrogen-bond donors (Lipinski definition) is 1. The smallest absolute Gasteiger partial charge is 0.290 e. The SMILES string of the molecule is Cc1ccc(C2=N/C(=C\c3ccccc3F)C(=O)N2Nc2ccccc2)cc1. The van der Waals surface area contributed by atoms with Crippen LogP contribution in [0.4, 0.5) is 10.1 Å². The van der Waals surface area contributed by atoms with E-state index >= 15 is 0 Å². The van der Waals surface area contributed by atoms with Gasteiger partial charge >= 0.3 is 0 Å². The highest BCUT2D eigenvalue weighted by atomic mass is 19.1. The third-order valence-corrected chi connectivity index (χ3v) is 4.38. The Balaban J connectivity index is 1.76. The standard InChI is InChI=1S/C23H18FN3O/c1-16-11-13-17(14-12-16)22-25-21(15-18-7-5-6-10-20(18)24)23(28)27(22)26-19-8-3-2-4-9-19/h2-15,26H,1H3/b21-15-. The lowest BCUT2D eigenvalue weighted by atomic mass is 10.1. The summed E-state index contributed by atoms with van der Waals surface area (Å²) in [6.45, 7) is 1.99. The number of halogens is 1. The summed E-state index contributed by atoms with van der Waals surface area (Å²) in [5.41, 5.74) is 6.25. The maximum atomic E-state index is 14.0. The number of rotatable bonds is 4. The molecule has 3 aromatic rings. The summed E-state index contributed by atoms with van der Waals surface area (Å²) in [7, 11) is 0. The Morgan fingerprint density at radius 1 is 0.929 bits per heavy atom. The number of hydrazine groups is 1. The fourth-order valence-corrected chi connectivity index (χ4v) is 2.90. The van der Waals surface area contributed by atoms with Crippen molar-refractivity contribution >= 4 is 23.5 Å². The second-order valence-electron chi connectivity index (χ2n) is 6.47. The zero-order valence-electron chi connectivity index (χ0n) is 15.3. The molecule has 1 aliphatic heterocycles. The van der Waals surface area contributed by atoms with Gasteiger partial charge in [-0.15, -0.1) is 0 Å². The van der Waals surface area contributed by atoms with Gasteiger partial charge in [0, 0.05) is 11.1 Å². The molecule has 0 unspecified atom stereocenters. The Morgan fingerprint density at radius 3 is 2.32 bits per heavy atom. The number of amidine groups is 1. The van der Waals surface area contributed by atoms with Crippen LogP contribution in [0.1, 0.15) is 16.7 Å². The lowest BCUT2D eigenvalue weighted by Gasteiger charge is -2.20. The van der Waals surface area contributed by atoms with E-state index in [0.29, 0.717) is 11.4 Å². The number of aliphatic imine (C=N–C) groups is 1. The van der Waals surface area contributed by atoms with E-state index in [0.717, 1.165) is 16.8 Å². The first kappa shape index (κ1) is 17.7. The van der Waals surface area contributed by atoms with Crippen LogP contribution in [0, 0.1) is 12.7 Å². The summed E-state index contributed by atoms with van der Waals surface area (Å²) in [5, 5.41) is 1.40. The number of benzene rings is 3. The van der Waals surface area contributed by atoms with Crippen molar-refractivity contribution < 1.29 is 9.18 Å². The van der Waals surface area contributed by atoms with E-state index in [2.05, 4.69) is 10.4 Å². The zero-order valence-corrected chi connectivity index (χ0v) is 15.3. The summed E-state index contributed by atoms with van der Waals surface area (Å²) >= 11 is 0. The van der Waals surface area contributed by atoms with E-state index in [1.807, 2.05) is 61.5 Å². The zero-order chi connectivity index (χ0) is 19.5. The minimum atomic E-state index is -0.399. The minimum Gasteiger partial charge on any atom is -0.290 e. The number of amides is 1. The van der Waals surface area contributed by atoms with Crippen LogP contribution in [0.5, 0.6) is 0 Å². The normalized spacial score (nSPS) is 15.1. The predicted molar refractivity (Wildman–Crippen MR) is 109 cm³/mol. The van der Waals surface area contributed by atoms with Gasteiger partial charge in [0.15, 0.2) is 5.84 Å². The van der Waals surface area contributed by atoms with Crippen molar-refractivity contribution in [1.29, 1.82) is 0 Å². The van der Waals surface area contributed by atoms with E-state index in [9.17, 15) is 9.18 Å². The van der Waals surface area contributed by atoms with E-state index in [1.165, 1.54) is 17.2 Å². The molecule has 1 heterocycles. The Morgan fingerprint density at radius 2 is 1.61 bits per heavy atom. The van der Waals surface area contributed by atoms with Crippen molar-refractivity contribution in [3.63, 3.8) is 0 Å². The second-order valence-corrected chi connectivity index (χ2v) is 6.47. The van der Waals surface area contributed by atoms with Gasteiger partial charge in [-0.3, -0.25) is 10.2 Å². The number of anilines is 1. The highest BCUT2D eigenvalue weighted by Gasteiger charge is 2.31. The van der Waals surface area contributed by atoms with Crippen molar-refractivity contribution in [1.82, 2.24) is 5.01 Å². The molecule has 1 amide bonds. The van der Waals surface area contributed by atoms with E-state index < -0.39 is 5.82 Å². The van der Waals surface area contributed by atoms with Gasteiger partial charge in [0.1, 0.15) is 11.5 Å². The number of para-hydroxylation sites is 1. The van der Waals surface area contributed by atoms with Crippen LogP contribution in [0.15, 0.2) is 89.6 Å². The van der Waals surface area contributed by atoms with Crippen LogP contribution in [-0.4, -0.2) is 16.8 Å². The molecule has 1 aliphatic rings. The van der Waals surface area contributed by atoms with Gasteiger partial charge in [-0.05, 0) is 31.2 Å². The molecule has 0 saturated carbocycles. The first-order valence-electron chi connectivity index (χ1n) is 8.90. The molecule has 3 aromatic carbocycles. The van der Waals surface area contributed by atoms with E-state index in [1.54, 1.807) is 18.2 Å². The Labute approximate surface area is 162 Å². The van der Waals surface area contributed by atoms with Crippen molar-refractivity contribution in [2.75, 3.05) is 5.43 Å². The molecule has 0 bridgehead atoms. The molecular weight excluding hydrogens is 353 g/mol. The quantitative estimate of drug-likeness (QED) is 0.670. The largest absolute Gasteiger partial charge is 0.297 e. The van der Waals surface area contributed by atoms with Gasteiger partial charge in [-0.1, -0.05) is 66.2 Å². The summed E-state index contributed by atoms with van der Waals surface area (Å²) in [6, 6.07) is 23.4. The molecule has 0 spiro atoms. The van der Waals surface area contributed by atoms with Gasteiger partial charge in [-0.2, -0.15) is 5.01 Å². The monoisotopic (exact) mass is 371 g/mol. The molecule has 5 heteroatoms. The molecule has 0 aromatic heterocycles. The average molecular weight is 371 g/mol. The van der Waals surface area contributed by atoms with Crippen LogP contribution in [-0.2, 0) is 4.79 Å². The number of hydrogen-bond acceptors (Lipinski definition) is 3. The highest BCUT2D eigenvalue weighted by Crippen LogP contribution is 2.24. The maximum Gasteiger partial charge on any atom is 0.297 e. The molecule has 0 aliphatic carbocycles. The van der Waals surface area contributed by atoms with Gasteiger partial charge in [0.2, 0.25) is 0 Å². The summed E-state index contributed by atoms with van der Waals surface area (Å²) in [4.78, 5) is 17.5. The summed E-state index contributed by atoms with van der Waals surface area (Å²) in [5.74, 6) is -0.275. The third kappa shape index (κ3) is 3.55. The molecule has 4 nitrogen and oxygen atoms in total. The first-order valence-corrected chi connectivity index (χ1v) is 8.90. The second kappa shape index (κ2) is 7.48. The molecule has 4 rings (SSSR count). The van der Waals surface area contributed by atoms with Gasteiger partial charge in [0.05, 0.1) is 5.69 Å². The number of aryl methyl sites for hydroxylation is 1. The lowest BCUT2D eigenvalue weighted by Crippen LogP contribution is -2.37. The molecule has 138 valence electrons. The van der Waals surface area contributed by atoms with Gasteiger partial charge in [0.25, 0.3) is 5.91 Å². The Kier molecular flexibility index (Phi) is 4.72. The third-order valence-electron chi connectivity index (χ3n) is 4.38. The minimum absolute atomic E-state index is 0.170. The molecule has 28 heavy (non-hydrogen) atoms. The van der Waals surface area contributed by atoms with Crippen molar-refractivity contribution in [2.45, 2.75) is 6.92 Å². The Hall–Kier alpha value is -3.73. The fourth-order valence-electron chi connectivity index (χ4n) is 2.90. The van der Waals surface area contributed by atoms with Crippen molar-refractivity contribution in [2.24, 2.45) is 4.99 Å². The summed E-state index contributed by atoms with van der Waals surface area (Å²) < 4.78 is 14.0.